The molecule has 0 amide bonds. The predicted octanol–water partition coefficient (Wildman–Crippen LogP) is 14.1. The normalized spacial score (nSPS) is 12.5. The minimum atomic E-state index is -4.32. The number of hydrogen-bond donors (Lipinski definition) is 0. The Morgan fingerprint density at radius 3 is 0.708 bits per heavy atom. The smallest absolute Gasteiger partial charge is 0.320 e. The quantitative estimate of drug-likeness (QED) is 0.0600. The number of carbonyl (C=O) groups is 2. The first-order valence-corrected chi connectivity index (χ1v) is 23.6. The molecule has 0 spiro atoms. The number of unbranched alkanes of at least 4 members (excludes halogenated alkanes) is 30. The maximum absolute atomic E-state index is 14.5. The maximum atomic E-state index is 14.5. The summed E-state index contributed by atoms with van der Waals surface area (Å²) < 4.78 is 25.9. The number of hydrogen-bond acceptors (Lipinski definition) is 5. The molecule has 0 heterocycles. The lowest BCUT2D eigenvalue weighted by Crippen LogP contribution is -2.48. The summed E-state index contributed by atoms with van der Waals surface area (Å²) in [6, 6.07) is 0. The van der Waals surface area contributed by atoms with E-state index in [0.717, 1.165) is 25.7 Å². The lowest BCUT2D eigenvalue weighted by Gasteiger charge is -2.40. The van der Waals surface area contributed by atoms with Gasteiger partial charge in [-0.05, 0) is 12.8 Å². The molecular weight excluding hydrogens is 617 g/mol. The third kappa shape index (κ3) is 28.9. The van der Waals surface area contributed by atoms with Crippen molar-refractivity contribution in [2.75, 3.05) is 11.5 Å². The second kappa shape index (κ2) is 33.2. The van der Waals surface area contributed by atoms with Crippen LogP contribution in [0.3, 0.4) is 0 Å². The summed E-state index contributed by atoms with van der Waals surface area (Å²) in [6.07, 6.45) is 40.4. The lowest BCUT2D eigenvalue weighted by molar-refractivity contribution is -0.138. The molecular formula is C42H84O5S. The van der Waals surface area contributed by atoms with Crippen LogP contribution in [-0.4, -0.2) is 27.7 Å². The second-order valence-electron chi connectivity index (χ2n) is 14.7. The lowest BCUT2D eigenvalue weighted by atomic mass is 10.0. The zero-order valence-electron chi connectivity index (χ0n) is 32.9. The minimum Gasteiger partial charge on any atom is -0.360 e. The van der Waals surface area contributed by atoms with Crippen molar-refractivity contribution in [1.29, 1.82) is 0 Å². The predicted molar refractivity (Wildman–Crippen MR) is 210 cm³/mol. The Morgan fingerprint density at radius 1 is 0.333 bits per heavy atom. The average molecular weight is 701 g/mol. The fraction of sp³-hybridized carbons (Fsp3) is 0.952. The first-order valence-electron chi connectivity index (χ1n) is 21.4. The Kier molecular flexibility index (Phi) is 32.6. The van der Waals surface area contributed by atoms with Crippen molar-refractivity contribution in [2.45, 2.75) is 246 Å². The van der Waals surface area contributed by atoms with Gasteiger partial charge in [-0.2, -0.15) is 0 Å². The summed E-state index contributed by atoms with van der Waals surface area (Å²) in [5.74, 6) is -0.787. The Balaban J connectivity index is 4.33. The van der Waals surface area contributed by atoms with E-state index in [4.69, 9.17) is 8.37 Å². The van der Waals surface area contributed by atoms with E-state index >= 15 is 0 Å². The standard InChI is InChI=1S/C42H84O5S/c1-5-9-11-13-15-17-19-21-23-25-27-29-31-33-35-37-39-48(45,46-41(43)7-3,47-42(44)8-4)40-38-36-34-32-30-28-26-24-22-20-18-16-14-12-10-6-2/h5-40H2,1-4H3. The summed E-state index contributed by atoms with van der Waals surface area (Å²) in [7, 11) is -4.32. The van der Waals surface area contributed by atoms with Crippen LogP contribution >= 0.6 is 0 Å². The first-order chi connectivity index (χ1) is 23.3. The van der Waals surface area contributed by atoms with Gasteiger partial charge >= 0.3 is 11.9 Å². The Morgan fingerprint density at radius 2 is 0.521 bits per heavy atom. The molecule has 5 nitrogen and oxygen atoms in total. The highest BCUT2D eigenvalue weighted by atomic mass is 32.3. The van der Waals surface area contributed by atoms with E-state index in [1.165, 1.54) is 167 Å². The molecule has 6 heteroatoms. The van der Waals surface area contributed by atoms with E-state index in [2.05, 4.69) is 13.8 Å². The largest absolute Gasteiger partial charge is 0.360 e. The third-order valence-electron chi connectivity index (χ3n) is 9.92. The summed E-state index contributed by atoms with van der Waals surface area (Å²) in [4.78, 5) is 24.9. The van der Waals surface area contributed by atoms with Gasteiger partial charge in [-0.3, -0.25) is 9.59 Å². The molecule has 0 saturated carbocycles. The molecule has 0 aromatic rings. The molecule has 0 N–H and O–H groups in total. The van der Waals surface area contributed by atoms with Crippen LogP contribution in [0.15, 0.2) is 0 Å². The van der Waals surface area contributed by atoms with Gasteiger partial charge in [0.25, 0.3) is 0 Å². The van der Waals surface area contributed by atoms with Crippen molar-refractivity contribution in [3.8, 4) is 0 Å². The summed E-state index contributed by atoms with van der Waals surface area (Å²) in [5.41, 5.74) is 0. The van der Waals surface area contributed by atoms with E-state index in [0.29, 0.717) is 12.8 Å². The fourth-order valence-corrected chi connectivity index (χ4v) is 9.84. The molecule has 48 heavy (non-hydrogen) atoms. The fourth-order valence-electron chi connectivity index (χ4n) is 6.68. The van der Waals surface area contributed by atoms with Crippen molar-refractivity contribution < 1.29 is 22.2 Å². The van der Waals surface area contributed by atoms with Gasteiger partial charge in [0, 0.05) is 12.8 Å². The van der Waals surface area contributed by atoms with Gasteiger partial charge in [0.2, 0.25) is 0 Å². The van der Waals surface area contributed by atoms with Gasteiger partial charge in [-0.25, -0.2) is 4.21 Å². The van der Waals surface area contributed by atoms with Crippen LogP contribution in [0.25, 0.3) is 0 Å². The molecule has 0 bridgehead atoms. The summed E-state index contributed by atoms with van der Waals surface area (Å²) in [6.45, 7) is 7.95. The van der Waals surface area contributed by atoms with Gasteiger partial charge in [0.15, 0.2) is 9.63 Å². The Hall–Kier alpha value is -0.910. The van der Waals surface area contributed by atoms with Crippen molar-refractivity contribution in [1.82, 2.24) is 0 Å². The zero-order chi connectivity index (χ0) is 35.5. The van der Waals surface area contributed by atoms with Gasteiger partial charge < -0.3 is 8.37 Å². The van der Waals surface area contributed by atoms with Crippen molar-refractivity contribution in [3.05, 3.63) is 0 Å². The molecule has 0 fully saturated rings. The van der Waals surface area contributed by atoms with Crippen LogP contribution in [0.5, 0.6) is 0 Å². The van der Waals surface area contributed by atoms with Crippen LogP contribution in [0.2, 0.25) is 0 Å². The molecule has 0 atom stereocenters. The molecule has 0 radical (unpaired) electrons. The molecule has 0 aromatic carbocycles. The van der Waals surface area contributed by atoms with Crippen LogP contribution in [0.1, 0.15) is 246 Å². The average Bonchev–Trinajstić information content (AvgIpc) is 3.07. The molecule has 0 saturated heterocycles. The van der Waals surface area contributed by atoms with E-state index < -0.39 is 21.6 Å². The van der Waals surface area contributed by atoms with Crippen molar-refractivity contribution in [3.63, 3.8) is 0 Å². The van der Waals surface area contributed by atoms with E-state index in [9.17, 15) is 13.8 Å². The maximum Gasteiger partial charge on any atom is 0.320 e. The number of carbonyl (C=O) groups excluding carboxylic acids is 2. The van der Waals surface area contributed by atoms with Crippen LogP contribution in [0, 0.1) is 0 Å². The zero-order valence-corrected chi connectivity index (χ0v) is 33.7. The van der Waals surface area contributed by atoms with Crippen molar-refractivity contribution >= 4 is 21.6 Å². The van der Waals surface area contributed by atoms with Gasteiger partial charge in [0.05, 0.1) is 11.5 Å². The number of rotatable bonds is 38. The van der Waals surface area contributed by atoms with E-state index in [1.807, 2.05) is 0 Å². The van der Waals surface area contributed by atoms with Crippen LogP contribution < -0.4 is 0 Å². The van der Waals surface area contributed by atoms with Gasteiger partial charge in [-0.15, -0.1) is 0 Å². The molecule has 0 aliphatic rings. The minimum absolute atomic E-state index is 0.121. The summed E-state index contributed by atoms with van der Waals surface area (Å²) in [5, 5.41) is 0. The molecule has 0 unspecified atom stereocenters. The monoisotopic (exact) mass is 701 g/mol. The molecule has 0 rings (SSSR count). The highest BCUT2D eigenvalue weighted by Crippen LogP contribution is 2.34. The highest BCUT2D eigenvalue weighted by Gasteiger charge is 2.43. The Bertz CT molecular complexity index is 731. The van der Waals surface area contributed by atoms with Gasteiger partial charge in [-0.1, -0.05) is 220 Å². The first kappa shape index (κ1) is 47.1. The van der Waals surface area contributed by atoms with E-state index in [1.54, 1.807) is 13.8 Å². The van der Waals surface area contributed by atoms with Crippen molar-refractivity contribution in [2.24, 2.45) is 0 Å². The molecule has 0 aliphatic heterocycles. The molecule has 0 aromatic heterocycles. The molecule has 0 aliphatic carbocycles. The molecule has 288 valence electrons. The SMILES string of the molecule is CCCCCCCCCCCCCCCCCCS(=O)(CCCCCCCCCCCCCCCCCC)(OC(=O)CC)OC(=O)CC. The van der Waals surface area contributed by atoms with E-state index in [-0.39, 0.29) is 24.3 Å². The summed E-state index contributed by atoms with van der Waals surface area (Å²) >= 11 is 0. The van der Waals surface area contributed by atoms with Gasteiger partial charge in [0.1, 0.15) is 0 Å². The van der Waals surface area contributed by atoms with Crippen LogP contribution in [0.4, 0.5) is 0 Å². The second-order valence-corrected chi connectivity index (χ2v) is 18.1. The third-order valence-corrected chi connectivity index (χ3v) is 13.2. The topological polar surface area (TPSA) is 69.7 Å². The highest BCUT2D eigenvalue weighted by molar-refractivity contribution is 8.12. The van der Waals surface area contributed by atoms with Crippen LogP contribution in [-0.2, 0) is 27.6 Å². The Labute approximate surface area is 300 Å².